The van der Waals surface area contributed by atoms with Crippen molar-refractivity contribution in [2.75, 3.05) is 19.6 Å². The van der Waals surface area contributed by atoms with Crippen molar-refractivity contribution < 1.29 is 9.59 Å². The Hall–Kier alpha value is -0.850. The van der Waals surface area contributed by atoms with Crippen molar-refractivity contribution in [1.82, 2.24) is 15.5 Å². The maximum absolute atomic E-state index is 12.0. The summed E-state index contributed by atoms with van der Waals surface area (Å²) in [5.74, 6) is -0.237. The third-order valence-corrected chi connectivity index (χ3v) is 4.16. The summed E-state index contributed by atoms with van der Waals surface area (Å²) < 4.78 is 0. The number of likely N-dealkylation sites (tertiary alicyclic amines) is 1. The van der Waals surface area contributed by atoms with Gasteiger partial charge in [0.2, 0.25) is 5.91 Å². The summed E-state index contributed by atoms with van der Waals surface area (Å²) in [4.78, 5) is 25.6. The molecule has 0 radical (unpaired) electrons. The molecule has 1 saturated carbocycles. The average molecular weight is 305 g/mol. The molecule has 2 fully saturated rings. The SMILES string of the molecule is CC(C(=O)NC(=O)NC1CC1)N1CCC(C)(CN)C1.Cl. The van der Waals surface area contributed by atoms with E-state index in [9.17, 15) is 9.59 Å². The molecule has 1 aliphatic heterocycles. The summed E-state index contributed by atoms with van der Waals surface area (Å²) >= 11 is 0. The number of carbonyl (C=O) groups is 2. The standard InChI is InChI=1S/C13H24N4O2.ClH/c1-9(17-6-5-13(2,7-14)8-17)11(18)16-12(19)15-10-3-4-10;/h9-10H,3-8,14H2,1-2H3,(H2,15,16,18,19);1H. The quantitative estimate of drug-likeness (QED) is 0.704. The zero-order chi connectivity index (χ0) is 14.0. The van der Waals surface area contributed by atoms with E-state index in [2.05, 4.69) is 22.5 Å². The van der Waals surface area contributed by atoms with Crippen LogP contribution in [0.3, 0.4) is 0 Å². The third-order valence-electron chi connectivity index (χ3n) is 4.16. The molecular formula is C13H25ClN4O2. The number of nitrogens with two attached hydrogens (primary N) is 1. The van der Waals surface area contributed by atoms with Crippen molar-refractivity contribution in [1.29, 1.82) is 0 Å². The lowest BCUT2D eigenvalue weighted by atomic mass is 9.90. The van der Waals surface area contributed by atoms with Gasteiger partial charge in [0.05, 0.1) is 6.04 Å². The molecule has 1 saturated heterocycles. The van der Waals surface area contributed by atoms with Crippen LogP contribution >= 0.6 is 12.4 Å². The van der Waals surface area contributed by atoms with Crippen LogP contribution in [0.2, 0.25) is 0 Å². The molecule has 0 spiro atoms. The highest BCUT2D eigenvalue weighted by atomic mass is 35.5. The van der Waals surface area contributed by atoms with Crippen LogP contribution in [0.25, 0.3) is 0 Å². The molecule has 2 unspecified atom stereocenters. The lowest BCUT2D eigenvalue weighted by Gasteiger charge is -2.26. The monoisotopic (exact) mass is 304 g/mol. The second-order valence-corrected chi connectivity index (χ2v) is 6.15. The fraction of sp³-hybridized carbons (Fsp3) is 0.846. The summed E-state index contributed by atoms with van der Waals surface area (Å²) in [6, 6.07) is -0.408. The fourth-order valence-electron chi connectivity index (χ4n) is 2.39. The first kappa shape index (κ1) is 17.2. The maximum Gasteiger partial charge on any atom is 0.321 e. The van der Waals surface area contributed by atoms with Gasteiger partial charge < -0.3 is 11.1 Å². The van der Waals surface area contributed by atoms with E-state index in [1.54, 1.807) is 0 Å². The first-order chi connectivity index (χ1) is 8.93. The van der Waals surface area contributed by atoms with Crippen molar-refractivity contribution >= 4 is 24.3 Å². The molecule has 0 bridgehead atoms. The number of nitrogens with zero attached hydrogens (tertiary/aromatic N) is 1. The number of halogens is 1. The van der Waals surface area contributed by atoms with Gasteiger partial charge in [-0.1, -0.05) is 6.92 Å². The number of rotatable bonds is 4. The number of carbonyl (C=O) groups excluding carboxylic acids is 2. The van der Waals surface area contributed by atoms with E-state index in [0.29, 0.717) is 6.54 Å². The van der Waals surface area contributed by atoms with Gasteiger partial charge >= 0.3 is 6.03 Å². The highest BCUT2D eigenvalue weighted by molar-refractivity contribution is 5.97. The maximum atomic E-state index is 12.0. The van der Waals surface area contributed by atoms with Gasteiger partial charge in [0, 0.05) is 12.6 Å². The summed E-state index contributed by atoms with van der Waals surface area (Å²) in [6.45, 7) is 6.26. The highest BCUT2D eigenvalue weighted by Crippen LogP contribution is 2.29. The number of nitrogens with one attached hydrogen (secondary N) is 2. The van der Waals surface area contributed by atoms with E-state index in [1.165, 1.54) is 0 Å². The molecule has 7 heteroatoms. The van der Waals surface area contributed by atoms with Crippen LogP contribution in [-0.2, 0) is 4.79 Å². The fourth-order valence-corrected chi connectivity index (χ4v) is 2.39. The number of hydrogen-bond acceptors (Lipinski definition) is 4. The molecule has 0 aromatic rings. The predicted octanol–water partition coefficient (Wildman–Crippen LogP) is 0.456. The van der Waals surface area contributed by atoms with Gasteiger partial charge in [0.1, 0.15) is 0 Å². The molecular weight excluding hydrogens is 280 g/mol. The largest absolute Gasteiger partial charge is 0.335 e. The minimum Gasteiger partial charge on any atom is -0.335 e. The van der Waals surface area contributed by atoms with Crippen LogP contribution < -0.4 is 16.4 Å². The lowest BCUT2D eigenvalue weighted by molar-refractivity contribution is -0.124. The molecule has 2 aliphatic rings. The molecule has 0 aromatic heterocycles. The molecule has 1 heterocycles. The smallest absolute Gasteiger partial charge is 0.321 e. The molecule has 20 heavy (non-hydrogen) atoms. The Labute approximate surface area is 126 Å². The molecule has 0 aromatic carbocycles. The van der Waals surface area contributed by atoms with Crippen LogP contribution in [0.5, 0.6) is 0 Å². The van der Waals surface area contributed by atoms with Crippen LogP contribution in [-0.4, -0.2) is 48.6 Å². The molecule has 6 nitrogen and oxygen atoms in total. The Kier molecular flexibility index (Phi) is 5.79. The van der Waals surface area contributed by atoms with Crippen molar-refractivity contribution in [3.05, 3.63) is 0 Å². The molecule has 1 aliphatic carbocycles. The Morgan fingerprint density at radius 3 is 2.60 bits per heavy atom. The van der Waals surface area contributed by atoms with Crippen LogP contribution in [0.1, 0.15) is 33.1 Å². The number of amides is 3. The van der Waals surface area contributed by atoms with Gasteiger partial charge in [0.25, 0.3) is 0 Å². The van der Waals surface area contributed by atoms with E-state index in [1.807, 2.05) is 6.92 Å². The van der Waals surface area contributed by atoms with E-state index in [0.717, 1.165) is 32.4 Å². The highest BCUT2D eigenvalue weighted by Gasteiger charge is 2.37. The molecule has 116 valence electrons. The van der Waals surface area contributed by atoms with Crippen molar-refractivity contribution in [2.45, 2.75) is 45.2 Å². The minimum atomic E-state index is -0.375. The van der Waals surface area contributed by atoms with Crippen molar-refractivity contribution in [3.8, 4) is 0 Å². The average Bonchev–Trinajstić information content (AvgIpc) is 3.08. The first-order valence-corrected chi connectivity index (χ1v) is 6.99. The Balaban J connectivity index is 0.00000200. The topological polar surface area (TPSA) is 87.5 Å². The van der Waals surface area contributed by atoms with Gasteiger partial charge in [-0.15, -0.1) is 12.4 Å². The molecule has 2 rings (SSSR count). The summed E-state index contributed by atoms with van der Waals surface area (Å²) in [5.41, 5.74) is 5.85. The van der Waals surface area contributed by atoms with E-state index in [-0.39, 0.29) is 41.8 Å². The molecule has 3 amide bonds. The first-order valence-electron chi connectivity index (χ1n) is 6.99. The van der Waals surface area contributed by atoms with Crippen molar-refractivity contribution in [3.63, 3.8) is 0 Å². The van der Waals surface area contributed by atoms with Gasteiger partial charge in [-0.05, 0) is 44.7 Å². The van der Waals surface area contributed by atoms with E-state index < -0.39 is 0 Å². The molecule has 4 N–H and O–H groups in total. The Bertz CT molecular complexity index is 375. The zero-order valence-electron chi connectivity index (χ0n) is 12.1. The number of hydrogen-bond donors (Lipinski definition) is 3. The zero-order valence-corrected chi connectivity index (χ0v) is 13.0. The minimum absolute atomic E-state index is 0. The number of imide groups is 1. The molecule has 2 atom stereocenters. The van der Waals surface area contributed by atoms with E-state index >= 15 is 0 Å². The normalized spacial score (nSPS) is 27.6. The predicted molar refractivity (Wildman–Crippen MR) is 79.8 cm³/mol. The summed E-state index contributed by atoms with van der Waals surface area (Å²) in [6.07, 6.45) is 3.02. The summed E-state index contributed by atoms with van der Waals surface area (Å²) in [7, 11) is 0. The van der Waals surface area contributed by atoms with Crippen molar-refractivity contribution in [2.24, 2.45) is 11.1 Å². The third kappa shape index (κ3) is 4.33. The second-order valence-electron chi connectivity index (χ2n) is 6.15. The van der Waals surface area contributed by atoms with Gasteiger partial charge in [-0.25, -0.2) is 4.79 Å². The van der Waals surface area contributed by atoms with E-state index in [4.69, 9.17) is 5.73 Å². The van der Waals surface area contributed by atoms with Crippen LogP contribution in [0.15, 0.2) is 0 Å². The van der Waals surface area contributed by atoms with Gasteiger partial charge in [0.15, 0.2) is 0 Å². The number of urea groups is 1. The Morgan fingerprint density at radius 1 is 1.45 bits per heavy atom. The lowest BCUT2D eigenvalue weighted by Crippen LogP contribution is -2.50. The Morgan fingerprint density at radius 2 is 2.10 bits per heavy atom. The second kappa shape index (κ2) is 6.74. The van der Waals surface area contributed by atoms with Crippen LogP contribution in [0, 0.1) is 5.41 Å². The summed E-state index contributed by atoms with van der Waals surface area (Å²) in [5, 5.41) is 5.16. The van der Waals surface area contributed by atoms with Crippen LogP contribution in [0.4, 0.5) is 4.79 Å². The van der Waals surface area contributed by atoms with Gasteiger partial charge in [-0.3, -0.25) is 15.0 Å². The van der Waals surface area contributed by atoms with Gasteiger partial charge in [-0.2, -0.15) is 0 Å².